The van der Waals surface area contributed by atoms with Crippen LogP contribution in [0.5, 0.6) is 0 Å². The molecule has 0 N–H and O–H groups in total. The quantitative estimate of drug-likeness (QED) is 0.688. The summed E-state index contributed by atoms with van der Waals surface area (Å²) in [5.74, 6) is -3.03. The summed E-state index contributed by atoms with van der Waals surface area (Å²) >= 11 is 5.69. The zero-order chi connectivity index (χ0) is 15.2. The number of hydrogen-bond donors (Lipinski definition) is 0. The molecule has 0 heterocycles. The van der Waals surface area contributed by atoms with Crippen LogP contribution < -0.4 is 4.90 Å². The molecule has 0 fully saturated rings. The van der Waals surface area contributed by atoms with Gasteiger partial charge in [0.15, 0.2) is 0 Å². The van der Waals surface area contributed by atoms with Crippen LogP contribution in [0.15, 0.2) is 29.2 Å². The Bertz CT molecular complexity index is 508. The largest absolute Gasteiger partial charge is 0.383 e. The lowest BCUT2D eigenvalue weighted by Gasteiger charge is -2.23. The van der Waals surface area contributed by atoms with E-state index < -0.39 is 20.5 Å². The zero-order valence-corrected chi connectivity index (χ0v) is 12.5. The van der Waals surface area contributed by atoms with Gasteiger partial charge in [0.25, 0.3) is 0 Å². The number of nitrogens with zero attached hydrogens (tertiary/aromatic N) is 1. The normalized spacial score (nSPS) is 11.8. The molecule has 0 radical (unpaired) electrons. The van der Waals surface area contributed by atoms with E-state index in [1.807, 2.05) is 4.90 Å². The summed E-state index contributed by atoms with van der Waals surface area (Å²) in [4.78, 5) is 1.49. The summed E-state index contributed by atoms with van der Waals surface area (Å²) in [5, 5.41) is 0. The van der Waals surface area contributed by atoms with Crippen LogP contribution in [0.3, 0.4) is 0 Å². The maximum Gasteiger partial charge on any atom is 0.341 e. The average Bonchev–Trinajstić information content (AvgIpc) is 2.43. The lowest BCUT2D eigenvalue weighted by molar-refractivity contribution is 0.205. The van der Waals surface area contributed by atoms with E-state index in [1.54, 1.807) is 7.11 Å². The SMILES string of the molecule is COCCN(CCCl)c1ccc(S(=O)(=O)C(F)F)cc1. The van der Waals surface area contributed by atoms with E-state index >= 15 is 0 Å². The lowest BCUT2D eigenvalue weighted by Crippen LogP contribution is -2.29. The van der Waals surface area contributed by atoms with Gasteiger partial charge in [0.1, 0.15) is 0 Å². The average molecular weight is 328 g/mol. The van der Waals surface area contributed by atoms with Gasteiger partial charge in [-0.2, -0.15) is 8.78 Å². The van der Waals surface area contributed by atoms with Gasteiger partial charge >= 0.3 is 5.76 Å². The molecule has 0 aliphatic heterocycles. The van der Waals surface area contributed by atoms with Crippen LogP contribution in [0.4, 0.5) is 14.5 Å². The first kappa shape index (κ1) is 17.1. The van der Waals surface area contributed by atoms with Crippen molar-refractivity contribution in [1.82, 2.24) is 0 Å². The van der Waals surface area contributed by atoms with Gasteiger partial charge in [0.05, 0.1) is 11.5 Å². The minimum Gasteiger partial charge on any atom is -0.383 e. The van der Waals surface area contributed by atoms with Gasteiger partial charge in [0.2, 0.25) is 9.84 Å². The molecule has 0 spiro atoms. The van der Waals surface area contributed by atoms with E-state index in [4.69, 9.17) is 16.3 Å². The van der Waals surface area contributed by atoms with E-state index in [-0.39, 0.29) is 0 Å². The van der Waals surface area contributed by atoms with Crippen molar-refractivity contribution in [1.29, 1.82) is 0 Å². The summed E-state index contributed by atoms with van der Waals surface area (Å²) in [6, 6.07) is 5.31. The number of rotatable bonds is 8. The molecule has 0 unspecified atom stereocenters. The Labute approximate surface area is 122 Å². The van der Waals surface area contributed by atoms with Gasteiger partial charge in [-0.15, -0.1) is 11.6 Å². The number of benzene rings is 1. The second kappa shape index (κ2) is 7.75. The first-order chi connectivity index (χ1) is 9.43. The number of halogens is 3. The van der Waals surface area contributed by atoms with Crippen LogP contribution in [-0.4, -0.2) is 46.9 Å². The van der Waals surface area contributed by atoms with Crippen molar-refractivity contribution in [3.63, 3.8) is 0 Å². The Morgan fingerprint density at radius 1 is 1.25 bits per heavy atom. The van der Waals surface area contributed by atoms with Crippen molar-refractivity contribution in [3.8, 4) is 0 Å². The molecule has 0 aromatic heterocycles. The Morgan fingerprint density at radius 2 is 1.85 bits per heavy atom. The van der Waals surface area contributed by atoms with Crippen molar-refractivity contribution in [2.75, 3.05) is 37.6 Å². The fourth-order valence-electron chi connectivity index (χ4n) is 1.62. The third-order valence-corrected chi connectivity index (χ3v) is 4.25. The van der Waals surface area contributed by atoms with Crippen LogP contribution in [0.25, 0.3) is 0 Å². The highest BCUT2D eigenvalue weighted by Gasteiger charge is 2.26. The fourth-order valence-corrected chi connectivity index (χ4v) is 2.55. The number of sulfone groups is 1. The number of alkyl halides is 3. The fraction of sp³-hybridized carbons (Fsp3) is 0.500. The topological polar surface area (TPSA) is 46.6 Å². The zero-order valence-electron chi connectivity index (χ0n) is 10.9. The monoisotopic (exact) mass is 327 g/mol. The van der Waals surface area contributed by atoms with Gasteiger partial charge in [-0.1, -0.05) is 0 Å². The van der Waals surface area contributed by atoms with Crippen molar-refractivity contribution in [2.24, 2.45) is 0 Å². The second-order valence-corrected chi connectivity index (χ2v) is 6.26. The third-order valence-electron chi connectivity index (χ3n) is 2.68. The van der Waals surface area contributed by atoms with E-state index in [2.05, 4.69) is 0 Å². The molecule has 20 heavy (non-hydrogen) atoms. The van der Waals surface area contributed by atoms with Gasteiger partial charge < -0.3 is 9.64 Å². The number of hydrogen-bond acceptors (Lipinski definition) is 4. The molecule has 0 saturated carbocycles. The van der Waals surface area contributed by atoms with Crippen LogP contribution in [0, 0.1) is 0 Å². The van der Waals surface area contributed by atoms with Crippen molar-refractivity contribution < 1.29 is 21.9 Å². The van der Waals surface area contributed by atoms with Crippen LogP contribution in [-0.2, 0) is 14.6 Å². The number of ether oxygens (including phenoxy) is 1. The molecule has 4 nitrogen and oxygen atoms in total. The molecule has 0 aliphatic rings. The van der Waals surface area contributed by atoms with E-state index in [9.17, 15) is 17.2 Å². The molecule has 0 amide bonds. The second-order valence-electron chi connectivity index (χ2n) is 3.97. The smallest absolute Gasteiger partial charge is 0.341 e. The highest BCUT2D eigenvalue weighted by Crippen LogP contribution is 2.22. The van der Waals surface area contributed by atoms with Gasteiger partial charge in [-0.25, -0.2) is 8.42 Å². The molecule has 114 valence electrons. The molecule has 8 heteroatoms. The Kier molecular flexibility index (Phi) is 6.64. The minimum atomic E-state index is -4.55. The molecule has 0 aliphatic carbocycles. The first-order valence-electron chi connectivity index (χ1n) is 5.85. The highest BCUT2D eigenvalue weighted by molar-refractivity contribution is 7.91. The third kappa shape index (κ3) is 4.29. The Morgan fingerprint density at radius 3 is 2.30 bits per heavy atom. The van der Waals surface area contributed by atoms with Crippen molar-refractivity contribution in [2.45, 2.75) is 10.7 Å². The van der Waals surface area contributed by atoms with E-state index in [0.29, 0.717) is 31.3 Å². The van der Waals surface area contributed by atoms with E-state index in [1.165, 1.54) is 24.3 Å². The molecule has 0 atom stereocenters. The minimum absolute atomic E-state index is 0.390. The molecular formula is C12H16ClF2NO3S. The molecule has 0 saturated heterocycles. The van der Waals surface area contributed by atoms with Crippen LogP contribution >= 0.6 is 11.6 Å². The molecule has 1 aromatic rings. The molecular weight excluding hydrogens is 312 g/mol. The van der Waals surface area contributed by atoms with Gasteiger partial charge in [0, 0.05) is 31.8 Å². The van der Waals surface area contributed by atoms with Crippen LogP contribution in [0.2, 0.25) is 0 Å². The summed E-state index contributed by atoms with van der Waals surface area (Å²) in [7, 11) is -2.98. The predicted molar refractivity (Wildman–Crippen MR) is 74.4 cm³/mol. The lowest BCUT2D eigenvalue weighted by atomic mass is 10.3. The van der Waals surface area contributed by atoms with Crippen LogP contribution in [0.1, 0.15) is 0 Å². The maximum absolute atomic E-state index is 12.4. The number of anilines is 1. The van der Waals surface area contributed by atoms with Gasteiger partial charge in [-0.3, -0.25) is 0 Å². The first-order valence-corrected chi connectivity index (χ1v) is 7.93. The Hall–Kier alpha value is -0.920. The maximum atomic E-state index is 12.4. The van der Waals surface area contributed by atoms with Crippen molar-refractivity contribution >= 4 is 27.1 Å². The van der Waals surface area contributed by atoms with Gasteiger partial charge in [-0.05, 0) is 24.3 Å². The molecule has 0 bridgehead atoms. The molecule has 1 rings (SSSR count). The number of methoxy groups -OCH3 is 1. The molecule has 1 aromatic carbocycles. The summed E-state index contributed by atoms with van der Waals surface area (Å²) in [6.45, 7) is 1.60. The van der Waals surface area contributed by atoms with E-state index in [0.717, 1.165) is 0 Å². The summed E-state index contributed by atoms with van der Waals surface area (Å²) in [6.07, 6.45) is 0. The summed E-state index contributed by atoms with van der Waals surface area (Å²) in [5.41, 5.74) is 0.705. The standard InChI is InChI=1S/C12H16ClF2NO3S/c1-19-9-8-16(7-6-13)10-2-4-11(5-3-10)20(17,18)12(14)15/h2-5,12H,6-9H2,1H3. The predicted octanol–water partition coefficient (Wildman–Crippen LogP) is 2.37. The Balaban J connectivity index is 2.93. The summed E-state index contributed by atoms with van der Waals surface area (Å²) < 4.78 is 52.4. The van der Waals surface area contributed by atoms with Crippen molar-refractivity contribution in [3.05, 3.63) is 24.3 Å². The highest BCUT2D eigenvalue weighted by atomic mass is 35.5.